The van der Waals surface area contributed by atoms with Crippen molar-refractivity contribution in [3.8, 4) is 11.3 Å². The predicted octanol–water partition coefficient (Wildman–Crippen LogP) is 3.01. The van der Waals surface area contributed by atoms with Crippen LogP contribution >= 0.6 is 0 Å². The van der Waals surface area contributed by atoms with E-state index in [1.54, 1.807) is 0 Å². The van der Waals surface area contributed by atoms with E-state index in [1.807, 2.05) is 36.4 Å². The molecule has 106 valence electrons. The van der Waals surface area contributed by atoms with Crippen molar-refractivity contribution in [2.75, 3.05) is 18.5 Å². The van der Waals surface area contributed by atoms with Gasteiger partial charge in [-0.15, -0.1) is 0 Å². The number of aliphatic hydroxyl groups excluding tert-OH is 1. The van der Waals surface area contributed by atoms with Crippen LogP contribution in [0.1, 0.15) is 5.56 Å². The first-order valence-corrected chi connectivity index (χ1v) is 6.96. The van der Waals surface area contributed by atoms with E-state index >= 15 is 0 Å². The first-order valence-electron chi connectivity index (χ1n) is 6.96. The first kappa shape index (κ1) is 13.5. The summed E-state index contributed by atoms with van der Waals surface area (Å²) >= 11 is 0. The Morgan fingerprint density at radius 1 is 0.952 bits per heavy atom. The van der Waals surface area contributed by atoms with Crippen molar-refractivity contribution in [2.24, 2.45) is 0 Å². The number of hydrogen-bond acceptors (Lipinski definition) is 4. The lowest BCUT2D eigenvalue weighted by molar-refractivity contribution is 0.311. The molecule has 0 atom stereocenters. The van der Waals surface area contributed by atoms with E-state index < -0.39 is 0 Å². The number of para-hydroxylation sites is 2. The van der Waals surface area contributed by atoms with Gasteiger partial charge in [-0.1, -0.05) is 42.0 Å². The molecule has 4 nitrogen and oxygen atoms in total. The van der Waals surface area contributed by atoms with Crippen molar-refractivity contribution in [1.82, 2.24) is 9.97 Å². The van der Waals surface area contributed by atoms with Gasteiger partial charge in [-0.3, -0.25) is 0 Å². The van der Waals surface area contributed by atoms with Gasteiger partial charge in [0.25, 0.3) is 0 Å². The van der Waals surface area contributed by atoms with Gasteiger partial charge in [-0.25, -0.2) is 9.97 Å². The molecule has 3 aromatic rings. The average Bonchev–Trinajstić information content (AvgIpc) is 2.53. The summed E-state index contributed by atoms with van der Waals surface area (Å²) in [6.07, 6.45) is 0. The number of rotatable bonds is 4. The molecule has 2 N–H and O–H groups in total. The number of benzene rings is 2. The van der Waals surface area contributed by atoms with Gasteiger partial charge < -0.3 is 10.4 Å². The maximum absolute atomic E-state index is 9.03. The second-order valence-corrected chi connectivity index (χ2v) is 4.93. The summed E-state index contributed by atoms with van der Waals surface area (Å²) in [5.41, 5.74) is 4.73. The Kier molecular flexibility index (Phi) is 3.79. The van der Waals surface area contributed by atoms with Gasteiger partial charge >= 0.3 is 0 Å². The molecule has 21 heavy (non-hydrogen) atoms. The fourth-order valence-electron chi connectivity index (χ4n) is 2.21. The molecular formula is C17H17N3O. The monoisotopic (exact) mass is 279 g/mol. The molecule has 0 spiro atoms. The fraction of sp³-hybridized carbons (Fsp3) is 0.176. The van der Waals surface area contributed by atoms with E-state index in [-0.39, 0.29) is 6.61 Å². The van der Waals surface area contributed by atoms with Crippen LogP contribution in [0.3, 0.4) is 0 Å². The number of hydrogen-bond donors (Lipinski definition) is 2. The smallest absolute Gasteiger partial charge is 0.153 e. The maximum Gasteiger partial charge on any atom is 0.153 e. The summed E-state index contributed by atoms with van der Waals surface area (Å²) in [4.78, 5) is 9.35. The van der Waals surface area contributed by atoms with E-state index in [0.717, 1.165) is 22.3 Å². The third-order valence-corrected chi connectivity index (χ3v) is 3.30. The molecule has 0 saturated carbocycles. The van der Waals surface area contributed by atoms with Crippen molar-refractivity contribution in [2.45, 2.75) is 6.92 Å². The highest BCUT2D eigenvalue weighted by atomic mass is 16.3. The summed E-state index contributed by atoms with van der Waals surface area (Å²) in [6, 6.07) is 16.0. The normalized spacial score (nSPS) is 10.8. The highest BCUT2D eigenvalue weighted by Crippen LogP contribution is 2.27. The van der Waals surface area contributed by atoms with Crippen molar-refractivity contribution in [3.63, 3.8) is 0 Å². The summed E-state index contributed by atoms with van der Waals surface area (Å²) in [5, 5.41) is 12.2. The van der Waals surface area contributed by atoms with Crippen molar-refractivity contribution < 1.29 is 5.11 Å². The molecule has 0 aliphatic heterocycles. The van der Waals surface area contributed by atoms with Crippen LogP contribution in [0.2, 0.25) is 0 Å². The van der Waals surface area contributed by atoms with Crippen LogP contribution in [0.5, 0.6) is 0 Å². The Hall–Kier alpha value is -2.46. The van der Waals surface area contributed by atoms with Crippen molar-refractivity contribution >= 4 is 16.9 Å². The van der Waals surface area contributed by atoms with Crippen LogP contribution in [0.4, 0.5) is 5.82 Å². The summed E-state index contributed by atoms with van der Waals surface area (Å²) in [7, 11) is 0. The third kappa shape index (κ3) is 2.85. The molecule has 0 radical (unpaired) electrons. The number of nitrogens with one attached hydrogen (secondary N) is 1. The van der Waals surface area contributed by atoms with Gasteiger partial charge in [0, 0.05) is 12.1 Å². The van der Waals surface area contributed by atoms with Gasteiger partial charge in [0.2, 0.25) is 0 Å². The quantitative estimate of drug-likeness (QED) is 0.770. The van der Waals surface area contributed by atoms with Gasteiger partial charge in [-0.2, -0.15) is 0 Å². The molecule has 0 saturated heterocycles. The molecule has 0 fully saturated rings. The van der Waals surface area contributed by atoms with Gasteiger partial charge in [0.05, 0.1) is 17.6 Å². The molecule has 4 heteroatoms. The maximum atomic E-state index is 9.03. The van der Waals surface area contributed by atoms with Gasteiger partial charge in [-0.05, 0) is 19.1 Å². The fourth-order valence-corrected chi connectivity index (χ4v) is 2.21. The average molecular weight is 279 g/mol. The number of aromatic nitrogens is 2. The molecular weight excluding hydrogens is 262 g/mol. The zero-order chi connectivity index (χ0) is 14.7. The number of fused-ring (bicyclic) bond motifs is 1. The largest absolute Gasteiger partial charge is 0.395 e. The van der Waals surface area contributed by atoms with E-state index in [1.165, 1.54) is 5.56 Å². The minimum absolute atomic E-state index is 0.0574. The first-order chi connectivity index (χ1) is 10.3. The highest BCUT2D eigenvalue weighted by molar-refractivity contribution is 5.83. The Bertz CT molecular complexity index is 754. The number of aryl methyl sites for hydroxylation is 1. The second-order valence-electron chi connectivity index (χ2n) is 4.93. The standard InChI is InChI=1S/C17H17N3O/c1-12-6-8-13(9-7-12)16-17(18-10-11-21)20-15-5-3-2-4-14(15)19-16/h2-9,21H,10-11H2,1H3,(H,18,20). The van der Waals surface area contributed by atoms with Crippen LogP contribution in [0.25, 0.3) is 22.3 Å². The topological polar surface area (TPSA) is 58.0 Å². The zero-order valence-electron chi connectivity index (χ0n) is 11.9. The Labute approximate surface area is 123 Å². The molecule has 2 aromatic carbocycles. The molecule has 0 unspecified atom stereocenters. The summed E-state index contributed by atoms with van der Waals surface area (Å²) in [5.74, 6) is 0.701. The Balaban J connectivity index is 2.15. The van der Waals surface area contributed by atoms with Crippen molar-refractivity contribution in [3.05, 3.63) is 54.1 Å². The Morgan fingerprint density at radius 2 is 1.62 bits per heavy atom. The molecule has 1 heterocycles. The van der Waals surface area contributed by atoms with Gasteiger partial charge in [0.1, 0.15) is 5.69 Å². The van der Waals surface area contributed by atoms with Crippen LogP contribution in [0, 0.1) is 6.92 Å². The minimum Gasteiger partial charge on any atom is -0.395 e. The van der Waals surface area contributed by atoms with Crippen LogP contribution in [-0.2, 0) is 0 Å². The number of anilines is 1. The minimum atomic E-state index is 0.0574. The lowest BCUT2D eigenvalue weighted by atomic mass is 10.1. The molecule has 3 rings (SSSR count). The van der Waals surface area contributed by atoms with Crippen LogP contribution < -0.4 is 5.32 Å². The molecule has 0 bridgehead atoms. The lowest BCUT2D eigenvalue weighted by Gasteiger charge is -2.11. The van der Waals surface area contributed by atoms with Gasteiger partial charge in [0.15, 0.2) is 5.82 Å². The van der Waals surface area contributed by atoms with E-state index in [2.05, 4.69) is 29.4 Å². The van der Waals surface area contributed by atoms with E-state index in [0.29, 0.717) is 12.4 Å². The number of nitrogens with zero attached hydrogens (tertiary/aromatic N) is 2. The van der Waals surface area contributed by atoms with Crippen molar-refractivity contribution in [1.29, 1.82) is 0 Å². The third-order valence-electron chi connectivity index (χ3n) is 3.30. The van der Waals surface area contributed by atoms with Crippen LogP contribution in [-0.4, -0.2) is 28.2 Å². The zero-order valence-corrected chi connectivity index (χ0v) is 11.9. The predicted molar refractivity (Wildman–Crippen MR) is 85.3 cm³/mol. The summed E-state index contributed by atoms with van der Waals surface area (Å²) in [6.45, 7) is 2.56. The highest BCUT2D eigenvalue weighted by Gasteiger charge is 2.10. The molecule has 0 aliphatic rings. The van der Waals surface area contributed by atoms with E-state index in [9.17, 15) is 0 Å². The van der Waals surface area contributed by atoms with Crippen LogP contribution in [0.15, 0.2) is 48.5 Å². The van der Waals surface area contributed by atoms with E-state index in [4.69, 9.17) is 10.1 Å². The Morgan fingerprint density at radius 3 is 2.29 bits per heavy atom. The molecule has 1 aromatic heterocycles. The lowest BCUT2D eigenvalue weighted by Crippen LogP contribution is -2.09. The molecule has 0 aliphatic carbocycles. The molecule has 0 amide bonds. The number of aliphatic hydroxyl groups is 1. The summed E-state index contributed by atoms with van der Waals surface area (Å²) < 4.78 is 0. The SMILES string of the molecule is Cc1ccc(-c2nc3ccccc3nc2NCCO)cc1. The second kappa shape index (κ2) is 5.89.